The molecule has 1 unspecified atom stereocenters. The molecule has 1 heterocycles. The van der Waals surface area contributed by atoms with Crippen molar-refractivity contribution in [1.82, 2.24) is 10.3 Å². The van der Waals surface area contributed by atoms with Crippen molar-refractivity contribution in [3.05, 3.63) is 30.1 Å². The predicted molar refractivity (Wildman–Crippen MR) is 61.4 cm³/mol. The minimum absolute atomic E-state index is 0.0705. The molecule has 1 amide bonds. The molecular formula is C12H17N3O. The van der Waals surface area contributed by atoms with Gasteiger partial charge in [-0.3, -0.25) is 9.78 Å². The van der Waals surface area contributed by atoms with Gasteiger partial charge in [0.1, 0.15) is 0 Å². The van der Waals surface area contributed by atoms with Gasteiger partial charge in [-0.05, 0) is 37.3 Å². The standard InChI is InChI=1S/C12H17N3O/c1-12(13,10-4-5-10)11(16)15-8-9-3-2-6-14-7-9/h2-3,6-7,10H,4-5,8,13H2,1H3,(H,15,16). The highest BCUT2D eigenvalue weighted by molar-refractivity contribution is 5.86. The fourth-order valence-electron chi connectivity index (χ4n) is 1.74. The van der Waals surface area contributed by atoms with E-state index in [2.05, 4.69) is 10.3 Å². The van der Waals surface area contributed by atoms with E-state index < -0.39 is 5.54 Å². The van der Waals surface area contributed by atoms with Crippen LogP contribution in [0.4, 0.5) is 0 Å². The molecule has 3 N–H and O–H groups in total. The monoisotopic (exact) mass is 219 g/mol. The highest BCUT2D eigenvalue weighted by Gasteiger charge is 2.43. The lowest BCUT2D eigenvalue weighted by Crippen LogP contribution is -2.53. The maximum absolute atomic E-state index is 11.9. The number of hydrogen-bond donors (Lipinski definition) is 2. The van der Waals surface area contributed by atoms with E-state index >= 15 is 0 Å². The van der Waals surface area contributed by atoms with Crippen LogP contribution in [0.1, 0.15) is 25.3 Å². The first-order valence-electron chi connectivity index (χ1n) is 5.57. The smallest absolute Gasteiger partial charge is 0.240 e. The second-order valence-electron chi connectivity index (χ2n) is 4.60. The van der Waals surface area contributed by atoms with E-state index in [-0.39, 0.29) is 5.91 Å². The third-order valence-corrected chi connectivity index (χ3v) is 3.09. The minimum atomic E-state index is -0.720. The third kappa shape index (κ3) is 2.39. The molecule has 0 saturated heterocycles. The Balaban J connectivity index is 1.88. The topological polar surface area (TPSA) is 68.0 Å². The summed E-state index contributed by atoms with van der Waals surface area (Å²) < 4.78 is 0. The highest BCUT2D eigenvalue weighted by Crippen LogP contribution is 2.38. The van der Waals surface area contributed by atoms with E-state index in [1.165, 1.54) is 0 Å². The Morgan fingerprint density at radius 1 is 1.69 bits per heavy atom. The largest absolute Gasteiger partial charge is 0.350 e. The number of nitrogens with zero attached hydrogens (tertiary/aromatic N) is 1. The zero-order valence-electron chi connectivity index (χ0n) is 9.44. The SMILES string of the molecule is CC(N)(C(=O)NCc1cccnc1)C1CC1. The number of pyridine rings is 1. The Morgan fingerprint density at radius 3 is 3.00 bits per heavy atom. The van der Waals surface area contributed by atoms with Gasteiger partial charge in [0.05, 0.1) is 5.54 Å². The van der Waals surface area contributed by atoms with E-state index in [0.717, 1.165) is 18.4 Å². The molecule has 0 radical (unpaired) electrons. The summed E-state index contributed by atoms with van der Waals surface area (Å²) in [7, 11) is 0. The van der Waals surface area contributed by atoms with Crippen molar-refractivity contribution in [3.63, 3.8) is 0 Å². The van der Waals surface area contributed by atoms with Gasteiger partial charge >= 0.3 is 0 Å². The Hall–Kier alpha value is -1.42. The third-order valence-electron chi connectivity index (χ3n) is 3.09. The molecule has 0 bridgehead atoms. The maximum Gasteiger partial charge on any atom is 0.240 e. The van der Waals surface area contributed by atoms with Crippen molar-refractivity contribution in [2.24, 2.45) is 11.7 Å². The van der Waals surface area contributed by atoms with Crippen LogP contribution >= 0.6 is 0 Å². The lowest BCUT2D eigenvalue weighted by atomic mass is 9.96. The number of rotatable bonds is 4. The van der Waals surface area contributed by atoms with Gasteiger partial charge in [0, 0.05) is 18.9 Å². The van der Waals surface area contributed by atoms with Gasteiger partial charge in [-0.1, -0.05) is 6.07 Å². The Morgan fingerprint density at radius 2 is 2.44 bits per heavy atom. The van der Waals surface area contributed by atoms with Crippen molar-refractivity contribution in [1.29, 1.82) is 0 Å². The zero-order valence-corrected chi connectivity index (χ0v) is 9.44. The van der Waals surface area contributed by atoms with Gasteiger partial charge in [-0.25, -0.2) is 0 Å². The van der Waals surface area contributed by atoms with Crippen LogP contribution in [0.25, 0.3) is 0 Å². The van der Waals surface area contributed by atoms with Crippen LogP contribution in [0.15, 0.2) is 24.5 Å². The second-order valence-corrected chi connectivity index (χ2v) is 4.60. The van der Waals surface area contributed by atoms with E-state index in [9.17, 15) is 4.79 Å². The molecule has 1 atom stereocenters. The molecular weight excluding hydrogens is 202 g/mol. The van der Waals surface area contributed by atoms with Crippen LogP contribution in [0.3, 0.4) is 0 Å². The van der Waals surface area contributed by atoms with Crippen LogP contribution in [0.2, 0.25) is 0 Å². The Kier molecular flexibility index (Phi) is 2.92. The van der Waals surface area contributed by atoms with Crippen molar-refractivity contribution < 1.29 is 4.79 Å². The number of nitrogens with one attached hydrogen (secondary N) is 1. The van der Waals surface area contributed by atoms with Gasteiger partial charge in [-0.2, -0.15) is 0 Å². The maximum atomic E-state index is 11.9. The van der Waals surface area contributed by atoms with Crippen LogP contribution in [0.5, 0.6) is 0 Å². The summed E-state index contributed by atoms with van der Waals surface area (Å²) in [6.45, 7) is 2.30. The summed E-state index contributed by atoms with van der Waals surface area (Å²) >= 11 is 0. The highest BCUT2D eigenvalue weighted by atomic mass is 16.2. The molecule has 1 aromatic rings. The number of carbonyl (C=O) groups excluding carboxylic acids is 1. The molecule has 1 aliphatic rings. The number of hydrogen-bond acceptors (Lipinski definition) is 3. The van der Waals surface area contributed by atoms with Crippen LogP contribution in [-0.2, 0) is 11.3 Å². The first-order chi connectivity index (χ1) is 7.60. The fourth-order valence-corrected chi connectivity index (χ4v) is 1.74. The fraction of sp³-hybridized carbons (Fsp3) is 0.500. The predicted octanol–water partition coefficient (Wildman–Crippen LogP) is 0.825. The average Bonchev–Trinajstić information content (AvgIpc) is 3.11. The summed E-state index contributed by atoms with van der Waals surface area (Å²) in [6.07, 6.45) is 5.58. The quantitative estimate of drug-likeness (QED) is 0.788. The normalized spacial score (nSPS) is 18.9. The van der Waals surface area contributed by atoms with Gasteiger partial charge in [0.15, 0.2) is 0 Å². The molecule has 1 fully saturated rings. The lowest BCUT2D eigenvalue weighted by Gasteiger charge is -2.23. The first-order valence-corrected chi connectivity index (χ1v) is 5.57. The van der Waals surface area contributed by atoms with Gasteiger partial charge in [0.25, 0.3) is 0 Å². The molecule has 2 rings (SSSR count). The summed E-state index contributed by atoms with van der Waals surface area (Å²) in [6, 6.07) is 3.78. The number of nitrogens with two attached hydrogens (primary N) is 1. The molecule has 4 nitrogen and oxygen atoms in total. The number of carbonyl (C=O) groups is 1. The number of amides is 1. The van der Waals surface area contributed by atoms with Gasteiger partial charge < -0.3 is 11.1 Å². The van der Waals surface area contributed by atoms with Crippen LogP contribution in [-0.4, -0.2) is 16.4 Å². The molecule has 0 aliphatic heterocycles. The summed E-state index contributed by atoms with van der Waals surface area (Å²) in [4.78, 5) is 15.9. The number of aromatic nitrogens is 1. The second kappa shape index (κ2) is 4.22. The van der Waals surface area contributed by atoms with E-state index in [0.29, 0.717) is 12.5 Å². The van der Waals surface area contributed by atoms with Crippen molar-refractivity contribution >= 4 is 5.91 Å². The first kappa shape index (κ1) is 11.1. The van der Waals surface area contributed by atoms with E-state index in [4.69, 9.17) is 5.73 Å². The molecule has 86 valence electrons. The van der Waals surface area contributed by atoms with E-state index in [1.807, 2.05) is 19.1 Å². The van der Waals surface area contributed by atoms with Crippen molar-refractivity contribution in [2.75, 3.05) is 0 Å². The van der Waals surface area contributed by atoms with Crippen LogP contribution < -0.4 is 11.1 Å². The molecule has 16 heavy (non-hydrogen) atoms. The molecule has 0 aromatic carbocycles. The molecule has 4 heteroatoms. The Labute approximate surface area is 95.3 Å². The van der Waals surface area contributed by atoms with Crippen LogP contribution in [0, 0.1) is 5.92 Å². The van der Waals surface area contributed by atoms with Gasteiger partial charge in [-0.15, -0.1) is 0 Å². The minimum Gasteiger partial charge on any atom is -0.350 e. The lowest BCUT2D eigenvalue weighted by molar-refractivity contribution is -0.126. The molecule has 1 saturated carbocycles. The summed E-state index contributed by atoms with van der Waals surface area (Å²) in [5.41, 5.74) is 6.27. The average molecular weight is 219 g/mol. The van der Waals surface area contributed by atoms with Crippen molar-refractivity contribution in [2.45, 2.75) is 31.8 Å². The van der Waals surface area contributed by atoms with E-state index in [1.54, 1.807) is 12.4 Å². The summed E-state index contributed by atoms with van der Waals surface area (Å²) in [5, 5.41) is 2.86. The molecule has 1 aromatic heterocycles. The molecule has 1 aliphatic carbocycles. The molecule has 0 spiro atoms. The van der Waals surface area contributed by atoms with Gasteiger partial charge in [0.2, 0.25) is 5.91 Å². The zero-order chi connectivity index (χ0) is 11.6. The Bertz CT molecular complexity index is 371. The van der Waals surface area contributed by atoms with Crippen molar-refractivity contribution in [3.8, 4) is 0 Å². The summed E-state index contributed by atoms with van der Waals surface area (Å²) in [5.74, 6) is 0.278.